The minimum Gasteiger partial charge on any atom is -0.344 e. The van der Waals surface area contributed by atoms with Crippen molar-refractivity contribution >= 4 is 5.91 Å². The number of alkyl halides is 7. The molecule has 119 valence electrons. The largest absolute Gasteiger partial charge is 0.462 e. The van der Waals surface area contributed by atoms with Crippen molar-refractivity contribution in [3.8, 4) is 0 Å². The van der Waals surface area contributed by atoms with Crippen molar-refractivity contribution in [3.05, 3.63) is 23.5 Å². The van der Waals surface area contributed by atoms with Crippen LogP contribution in [0.1, 0.15) is 16.2 Å². The molecule has 0 aliphatic heterocycles. The van der Waals surface area contributed by atoms with Crippen LogP contribution in [0.3, 0.4) is 0 Å². The molecule has 0 unspecified atom stereocenters. The molecule has 0 spiro atoms. The molecule has 21 heavy (non-hydrogen) atoms. The first kappa shape index (κ1) is 17.3. The van der Waals surface area contributed by atoms with Crippen molar-refractivity contribution in [2.75, 3.05) is 0 Å². The molecule has 4 nitrogen and oxygen atoms in total. The van der Waals surface area contributed by atoms with Gasteiger partial charge in [-0.15, -0.1) is 5.06 Å². The van der Waals surface area contributed by atoms with Crippen molar-refractivity contribution in [1.29, 1.82) is 0 Å². The molecule has 1 aromatic heterocycles. The van der Waals surface area contributed by atoms with Crippen LogP contribution in [-0.2, 0) is 12.3 Å². The number of halogens is 7. The molecule has 1 amide bonds. The molecule has 0 atom stereocenters. The highest BCUT2D eigenvalue weighted by Gasteiger charge is 2.77. The van der Waals surface area contributed by atoms with Crippen LogP contribution < -0.4 is 0 Å². The van der Waals surface area contributed by atoms with E-state index in [2.05, 4.69) is 0 Å². The molecular formula is C10H8F7N2O2. The molecule has 1 aromatic rings. The van der Waals surface area contributed by atoms with E-state index >= 15 is 0 Å². The number of aryl methyl sites for hydroxylation is 1. The van der Waals surface area contributed by atoms with Crippen LogP contribution in [0.2, 0.25) is 0 Å². The second kappa shape index (κ2) is 4.90. The van der Waals surface area contributed by atoms with Gasteiger partial charge in [-0.2, -0.15) is 30.7 Å². The number of carbonyl (C=O) groups excluding carboxylic acids is 1. The first-order valence-corrected chi connectivity index (χ1v) is 5.21. The molecule has 1 rings (SSSR count). The molecule has 11 heteroatoms. The van der Waals surface area contributed by atoms with Crippen LogP contribution in [0.4, 0.5) is 30.7 Å². The van der Waals surface area contributed by atoms with Gasteiger partial charge >= 0.3 is 24.1 Å². The van der Waals surface area contributed by atoms with E-state index in [4.69, 9.17) is 0 Å². The third-order valence-electron chi connectivity index (χ3n) is 2.77. The Morgan fingerprint density at radius 2 is 1.57 bits per heavy atom. The number of hydroxylamine groups is 2. The second-order valence-electron chi connectivity index (χ2n) is 4.13. The average Bonchev–Trinajstić information content (AvgIpc) is 2.66. The number of hydrogen-bond acceptors (Lipinski definition) is 1. The summed E-state index contributed by atoms with van der Waals surface area (Å²) in [5.74, 6) is -8.89. The summed E-state index contributed by atoms with van der Waals surface area (Å²) in [5, 5.41) is 8.89. The third kappa shape index (κ3) is 2.57. The van der Waals surface area contributed by atoms with E-state index in [1.807, 2.05) is 0 Å². The molecule has 0 N–H and O–H groups in total. The lowest BCUT2D eigenvalue weighted by atomic mass is 10.2. The SMILES string of the molecule is Cc1ccc(C(=O)N([O])C(F)(F)C(F)(F)C(F)(F)F)n1C. The van der Waals surface area contributed by atoms with Gasteiger partial charge in [0.05, 0.1) is 0 Å². The van der Waals surface area contributed by atoms with Crippen molar-refractivity contribution in [2.24, 2.45) is 7.05 Å². The summed E-state index contributed by atoms with van der Waals surface area (Å²) in [5.41, 5.74) is -0.446. The van der Waals surface area contributed by atoms with E-state index in [1.165, 1.54) is 13.0 Å². The molecule has 0 fully saturated rings. The lowest BCUT2D eigenvalue weighted by molar-refractivity contribution is -0.425. The van der Waals surface area contributed by atoms with E-state index in [-0.39, 0.29) is 0 Å². The first-order valence-electron chi connectivity index (χ1n) is 5.21. The van der Waals surface area contributed by atoms with Crippen molar-refractivity contribution in [3.63, 3.8) is 0 Å². The number of aromatic nitrogens is 1. The normalized spacial score (nSPS) is 13.4. The Labute approximate surface area is 113 Å². The number of rotatable bonds is 3. The van der Waals surface area contributed by atoms with Gasteiger partial charge < -0.3 is 4.57 Å². The monoisotopic (exact) mass is 321 g/mol. The quantitative estimate of drug-likeness (QED) is 0.480. The summed E-state index contributed by atoms with van der Waals surface area (Å²) in [4.78, 5) is 11.4. The van der Waals surface area contributed by atoms with Crippen LogP contribution in [0.15, 0.2) is 12.1 Å². The summed E-state index contributed by atoms with van der Waals surface area (Å²) in [6.07, 6.45) is -6.69. The van der Waals surface area contributed by atoms with Gasteiger partial charge in [0, 0.05) is 12.7 Å². The molecule has 1 heterocycles. The second-order valence-corrected chi connectivity index (χ2v) is 4.13. The van der Waals surface area contributed by atoms with E-state index in [1.54, 1.807) is 0 Å². The highest BCUT2D eigenvalue weighted by atomic mass is 19.4. The summed E-state index contributed by atoms with van der Waals surface area (Å²) < 4.78 is 88.2. The summed E-state index contributed by atoms with van der Waals surface area (Å²) in [7, 11) is 1.15. The summed E-state index contributed by atoms with van der Waals surface area (Å²) >= 11 is 0. The van der Waals surface area contributed by atoms with Crippen LogP contribution in [0, 0.1) is 6.92 Å². The van der Waals surface area contributed by atoms with Crippen LogP contribution in [-0.4, -0.2) is 33.7 Å². The smallest absolute Gasteiger partial charge is 0.344 e. The number of hydrogen-bond donors (Lipinski definition) is 0. The van der Waals surface area contributed by atoms with Crippen molar-refractivity contribution in [2.45, 2.75) is 25.1 Å². The van der Waals surface area contributed by atoms with Gasteiger partial charge in [0.2, 0.25) is 0 Å². The highest BCUT2D eigenvalue weighted by molar-refractivity contribution is 5.92. The molecule has 0 saturated carbocycles. The van der Waals surface area contributed by atoms with Crippen molar-refractivity contribution in [1.82, 2.24) is 9.63 Å². The van der Waals surface area contributed by atoms with Crippen LogP contribution >= 0.6 is 0 Å². The van der Waals surface area contributed by atoms with Gasteiger partial charge in [0.25, 0.3) is 0 Å². The molecule has 0 saturated heterocycles. The predicted octanol–water partition coefficient (Wildman–Crippen LogP) is 2.91. The zero-order valence-electron chi connectivity index (χ0n) is 10.5. The summed E-state index contributed by atoms with van der Waals surface area (Å²) in [6.45, 7) is 1.40. The fourth-order valence-electron chi connectivity index (χ4n) is 1.36. The Balaban J connectivity index is 3.20. The van der Waals surface area contributed by atoms with E-state index in [0.29, 0.717) is 5.69 Å². The molecular weight excluding hydrogens is 313 g/mol. The Hall–Kier alpha value is -1.78. The minimum absolute atomic E-state index is 0.303. The molecule has 0 aliphatic carbocycles. The van der Waals surface area contributed by atoms with Crippen LogP contribution in [0.5, 0.6) is 0 Å². The first-order chi connectivity index (χ1) is 9.25. The molecule has 1 radical (unpaired) electrons. The van der Waals surface area contributed by atoms with Gasteiger partial charge in [-0.1, -0.05) is 5.21 Å². The standard InChI is InChI=1S/C10H8F7N2O2/c1-5-3-4-6(18(5)2)7(20)19(21)10(16,17)8(11,12)9(13,14)15/h3-4H,1-2H3. The van der Waals surface area contributed by atoms with Gasteiger partial charge in [-0.05, 0) is 19.1 Å². The van der Waals surface area contributed by atoms with E-state index in [9.17, 15) is 40.7 Å². The fourth-order valence-corrected chi connectivity index (χ4v) is 1.36. The van der Waals surface area contributed by atoms with Gasteiger partial charge in [0.15, 0.2) is 0 Å². The minimum atomic E-state index is -6.69. The lowest BCUT2D eigenvalue weighted by Crippen LogP contribution is -2.61. The lowest BCUT2D eigenvalue weighted by Gasteiger charge is -2.31. The molecule has 0 bridgehead atoms. The number of amides is 1. The van der Waals surface area contributed by atoms with Gasteiger partial charge in [0.1, 0.15) is 5.69 Å². The van der Waals surface area contributed by atoms with Gasteiger partial charge in [-0.3, -0.25) is 4.79 Å². The Kier molecular flexibility index (Phi) is 4.03. The highest BCUT2D eigenvalue weighted by Crippen LogP contribution is 2.47. The van der Waals surface area contributed by atoms with Gasteiger partial charge in [-0.25, -0.2) is 0 Å². The third-order valence-corrected chi connectivity index (χ3v) is 2.77. The number of carbonyl (C=O) groups is 1. The Bertz CT molecular complexity index is 550. The van der Waals surface area contributed by atoms with E-state index < -0.39 is 34.8 Å². The predicted molar refractivity (Wildman–Crippen MR) is 53.0 cm³/mol. The van der Waals surface area contributed by atoms with Crippen LogP contribution in [0.25, 0.3) is 0 Å². The zero-order chi connectivity index (χ0) is 16.8. The van der Waals surface area contributed by atoms with Crippen molar-refractivity contribution < 1.29 is 40.7 Å². The molecule has 0 aromatic carbocycles. The number of nitrogens with zero attached hydrogens (tertiary/aromatic N) is 2. The maximum Gasteiger partial charge on any atom is 0.462 e. The summed E-state index contributed by atoms with van der Waals surface area (Å²) in [6, 6.07) is -4.23. The topological polar surface area (TPSA) is 45.1 Å². The Morgan fingerprint density at radius 3 is 1.90 bits per heavy atom. The molecule has 0 aliphatic rings. The zero-order valence-corrected chi connectivity index (χ0v) is 10.5. The maximum absolute atomic E-state index is 13.1. The van der Waals surface area contributed by atoms with E-state index in [0.717, 1.165) is 17.7 Å². The maximum atomic E-state index is 13.1. The fraction of sp³-hybridized carbons (Fsp3) is 0.500. The Morgan fingerprint density at radius 1 is 1.10 bits per heavy atom. The average molecular weight is 321 g/mol.